The lowest BCUT2D eigenvalue weighted by atomic mass is 9.91. The van der Waals surface area contributed by atoms with Crippen LogP contribution in [0.4, 0.5) is 4.39 Å². The number of carbonyl (C=O) groups excluding carboxylic acids is 1. The first-order valence-corrected chi connectivity index (χ1v) is 12.9. The van der Waals surface area contributed by atoms with Gasteiger partial charge in [-0.2, -0.15) is 0 Å². The van der Waals surface area contributed by atoms with Crippen LogP contribution in [0.5, 0.6) is 5.75 Å². The first-order valence-electron chi connectivity index (χ1n) is 10.9. The van der Waals surface area contributed by atoms with E-state index >= 15 is 0 Å². The molecule has 0 atom stereocenters. The van der Waals surface area contributed by atoms with Gasteiger partial charge in [0, 0.05) is 18.4 Å². The van der Waals surface area contributed by atoms with Crippen LogP contribution in [0.3, 0.4) is 0 Å². The molecular weight excluding hydrogens is 479 g/mol. The molecule has 0 saturated carbocycles. The molecule has 34 heavy (non-hydrogen) atoms. The minimum absolute atomic E-state index is 0.0141. The molecule has 0 aromatic heterocycles. The SMILES string of the molecule is CCS(=O)(=O)c1ccc(CC(=O)Cc2ccc(OC3(c4ccc(Cl)c(F)c4)COC3)cc2)cc1. The van der Waals surface area contributed by atoms with E-state index in [2.05, 4.69) is 0 Å². The van der Waals surface area contributed by atoms with Crippen LogP contribution >= 0.6 is 11.6 Å². The number of benzene rings is 3. The number of carbonyl (C=O) groups is 1. The molecule has 0 radical (unpaired) electrons. The maximum atomic E-state index is 13.9. The zero-order chi connectivity index (χ0) is 24.3. The van der Waals surface area contributed by atoms with Crippen molar-refractivity contribution in [2.45, 2.75) is 30.3 Å². The monoisotopic (exact) mass is 502 g/mol. The van der Waals surface area contributed by atoms with Gasteiger partial charge in [0.15, 0.2) is 15.4 Å². The summed E-state index contributed by atoms with van der Waals surface area (Å²) in [5.74, 6) is 0.128. The van der Waals surface area contributed by atoms with Gasteiger partial charge in [-0.1, -0.05) is 48.9 Å². The number of rotatable bonds is 9. The van der Waals surface area contributed by atoms with Gasteiger partial charge in [0.05, 0.1) is 28.9 Å². The Labute approximate surface area is 203 Å². The highest BCUT2D eigenvalue weighted by Gasteiger charge is 2.43. The van der Waals surface area contributed by atoms with Crippen molar-refractivity contribution in [2.24, 2.45) is 0 Å². The van der Waals surface area contributed by atoms with E-state index in [0.29, 0.717) is 24.5 Å². The lowest BCUT2D eigenvalue weighted by Crippen LogP contribution is -2.51. The summed E-state index contributed by atoms with van der Waals surface area (Å²) in [6.07, 6.45) is 0.458. The quantitative estimate of drug-likeness (QED) is 0.415. The van der Waals surface area contributed by atoms with Crippen LogP contribution in [0.2, 0.25) is 5.02 Å². The van der Waals surface area contributed by atoms with Crippen molar-refractivity contribution >= 4 is 27.2 Å². The number of hydrogen-bond acceptors (Lipinski definition) is 5. The van der Waals surface area contributed by atoms with Gasteiger partial charge < -0.3 is 9.47 Å². The zero-order valence-electron chi connectivity index (χ0n) is 18.6. The second-order valence-electron chi connectivity index (χ2n) is 8.30. The van der Waals surface area contributed by atoms with E-state index in [9.17, 15) is 17.6 Å². The molecule has 0 N–H and O–H groups in total. The number of ether oxygens (including phenoxy) is 2. The fourth-order valence-corrected chi connectivity index (χ4v) is 4.75. The summed E-state index contributed by atoms with van der Waals surface area (Å²) < 4.78 is 49.3. The fraction of sp³-hybridized carbons (Fsp3) is 0.269. The Bertz CT molecular complexity index is 1280. The van der Waals surface area contributed by atoms with E-state index in [-0.39, 0.29) is 34.3 Å². The molecule has 8 heteroatoms. The summed E-state index contributed by atoms with van der Waals surface area (Å²) in [7, 11) is -3.26. The molecule has 1 aliphatic rings. The summed E-state index contributed by atoms with van der Waals surface area (Å²) >= 11 is 5.79. The van der Waals surface area contributed by atoms with Gasteiger partial charge in [-0.05, 0) is 47.5 Å². The Morgan fingerprint density at radius 2 is 1.59 bits per heavy atom. The van der Waals surface area contributed by atoms with Gasteiger partial charge in [0.2, 0.25) is 0 Å². The number of ketones is 1. The average Bonchev–Trinajstić information content (AvgIpc) is 2.79. The normalized spacial score (nSPS) is 14.9. The third-order valence-electron chi connectivity index (χ3n) is 5.82. The summed E-state index contributed by atoms with van der Waals surface area (Å²) in [4.78, 5) is 12.8. The maximum Gasteiger partial charge on any atom is 0.180 e. The van der Waals surface area contributed by atoms with E-state index in [1.54, 1.807) is 49.4 Å². The number of sulfone groups is 1. The lowest BCUT2D eigenvalue weighted by Gasteiger charge is -2.41. The van der Waals surface area contributed by atoms with E-state index in [0.717, 1.165) is 11.1 Å². The summed E-state index contributed by atoms with van der Waals surface area (Å²) in [6, 6.07) is 18.2. The highest BCUT2D eigenvalue weighted by atomic mass is 35.5. The molecule has 1 aliphatic heterocycles. The molecule has 0 aliphatic carbocycles. The van der Waals surface area contributed by atoms with Crippen LogP contribution < -0.4 is 4.74 Å². The topological polar surface area (TPSA) is 69.7 Å². The first kappa shape index (κ1) is 24.4. The third kappa shape index (κ3) is 5.32. The number of halogens is 2. The predicted octanol–water partition coefficient (Wildman–Crippen LogP) is 4.93. The zero-order valence-corrected chi connectivity index (χ0v) is 20.2. The molecule has 1 heterocycles. The van der Waals surface area contributed by atoms with E-state index in [1.807, 2.05) is 12.1 Å². The van der Waals surface area contributed by atoms with E-state index in [1.165, 1.54) is 12.1 Å². The molecule has 3 aromatic carbocycles. The molecule has 1 fully saturated rings. The van der Waals surface area contributed by atoms with Gasteiger partial charge in [-0.15, -0.1) is 0 Å². The van der Waals surface area contributed by atoms with Crippen LogP contribution in [-0.4, -0.2) is 33.2 Å². The average molecular weight is 503 g/mol. The highest BCUT2D eigenvalue weighted by molar-refractivity contribution is 7.91. The van der Waals surface area contributed by atoms with E-state index in [4.69, 9.17) is 21.1 Å². The van der Waals surface area contributed by atoms with Gasteiger partial charge in [-0.3, -0.25) is 4.79 Å². The van der Waals surface area contributed by atoms with Gasteiger partial charge >= 0.3 is 0 Å². The van der Waals surface area contributed by atoms with Gasteiger partial charge in [-0.25, -0.2) is 12.8 Å². The number of hydrogen-bond donors (Lipinski definition) is 0. The number of Topliss-reactive ketones (excluding diaryl/α,β-unsaturated/α-hetero) is 1. The smallest absolute Gasteiger partial charge is 0.180 e. The highest BCUT2D eigenvalue weighted by Crippen LogP contribution is 2.36. The molecule has 3 aromatic rings. The van der Waals surface area contributed by atoms with Crippen LogP contribution in [0.1, 0.15) is 23.6 Å². The Hall–Kier alpha value is -2.74. The van der Waals surface area contributed by atoms with Crippen LogP contribution in [0, 0.1) is 5.82 Å². The van der Waals surface area contributed by atoms with Crippen molar-refractivity contribution < 1.29 is 27.1 Å². The largest absolute Gasteiger partial charge is 0.478 e. The summed E-state index contributed by atoms with van der Waals surface area (Å²) in [5, 5.41) is 0.0510. The van der Waals surface area contributed by atoms with Crippen molar-refractivity contribution in [3.8, 4) is 5.75 Å². The van der Waals surface area contributed by atoms with Crippen LogP contribution in [-0.2, 0) is 37.8 Å². The van der Waals surface area contributed by atoms with Gasteiger partial charge in [0.25, 0.3) is 0 Å². The first-order chi connectivity index (χ1) is 16.2. The molecule has 0 spiro atoms. The van der Waals surface area contributed by atoms with Crippen molar-refractivity contribution in [2.75, 3.05) is 19.0 Å². The summed E-state index contributed by atoms with van der Waals surface area (Å²) in [5.41, 5.74) is 1.47. The Morgan fingerprint density at radius 3 is 2.09 bits per heavy atom. The summed E-state index contributed by atoms with van der Waals surface area (Å²) in [6.45, 7) is 2.19. The molecule has 0 amide bonds. The Morgan fingerprint density at radius 1 is 1.00 bits per heavy atom. The minimum atomic E-state index is -3.26. The van der Waals surface area contributed by atoms with Crippen LogP contribution in [0.25, 0.3) is 0 Å². The minimum Gasteiger partial charge on any atom is -0.478 e. The molecule has 1 saturated heterocycles. The van der Waals surface area contributed by atoms with Gasteiger partial charge in [0.1, 0.15) is 17.3 Å². The van der Waals surface area contributed by atoms with E-state index < -0.39 is 21.3 Å². The molecule has 0 unspecified atom stereocenters. The molecule has 5 nitrogen and oxygen atoms in total. The Kier molecular flexibility index (Phi) is 7.07. The van der Waals surface area contributed by atoms with Crippen LogP contribution in [0.15, 0.2) is 71.6 Å². The van der Waals surface area contributed by atoms with Crippen molar-refractivity contribution in [1.82, 2.24) is 0 Å². The molecular formula is C26H24ClFO5S. The third-order valence-corrected chi connectivity index (χ3v) is 7.87. The Balaban J connectivity index is 1.38. The fourth-order valence-electron chi connectivity index (χ4n) is 3.75. The predicted molar refractivity (Wildman–Crippen MR) is 128 cm³/mol. The standard InChI is InChI=1S/C26H24ClFO5S/c1-2-34(30,31)23-10-5-19(6-11-23)14-21(29)13-18-3-8-22(9-4-18)33-26(16-32-17-26)20-7-12-24(27)25(28)15-20/h3-12,15H,2,13-14,16-17H2,1H3. The molecule has 4 rings (SSSR count). The van der Waals surface area contributed by atoms with Crippen molar-refractivity contribution in [3.63, 3.8) is 0 Å². The lowest BCUT2D eigenvalue weighted by molar-refractivity contribution is -0.168. The second kappa shape index (κ2) is 9.86. The maximum absolute atomic E-state index is 13.9. The van der Waals surface area contributed by atoms with Crippen molar-refractivity contribution in [3.05, 3.63) is 94.3 Å². The van der Waals surface area contributed by atoms with Crippen molar-refractivity contribution in [1.29, 1.82) is 0 Å². The molecule has 178 valence electrons. The second-order valence-corrected chi connectivity index (χ2v) is 11.0. The molecule has 0 bridgehead atoms.